The molecule has 2 atom stereocenters. The van der Waals surface area contributed by atoms with E-state index < -0.39 is 5.97 Å². The quantitative estimate of drug-likeness (QED) is 0.906. The second-order valence-electron chi connectivity index (χ2n) is 5.62. The third-order valence-electron chi connectivity index (χ3n) is 4.28. The zero-order valence-corrected chi connectivity index (χ0v) is 12.5. The molecule has 0 spiro atoms. The maximum absolute atomic E-state index is 10.9. The second-order valence-corrected chi connectivity index (χ2v) is 5.96. The number of carboxylic acids is 1. The van der Waals surface area contributed by atoms with Crippen LogP contribution in [-0.2, 0) is 4.79 Å². The van der Waals surface area contributed by atoms with Crippen molar-refractivity contribution in [2.24, 2.45) is 5.92 Å². The number of hydrogen-bond acceptors (Lipinski definition) is 6. The van der Waals surface area contributed by atoms with E-state index in [1.165, 1.54) is 7.11 Å². The minimum Gasteiger partial charge on any atom is -0.481 e. The third-order valence-corrected chi connectivity index (χ3v) is 4.45. The van der Waals surface area contributed by atoms with Crippen LogP contribution in [0.15, 0.2) is 0 Å². The van der Waals surface area contributed by atoms with Crippen LogP contribution in [0, 0.1) is 5.92 Å². The Morgan fingerprint density at radius 2 is 2.00 bits per heavy atom. The van der Waals surface area contributed by atoms with Gasteiger partial charge in [0.05, 0.1) is 7.11 Å². The van der Waals surface area contributed by atoms with Crippen molar-refractivity contribution >= 4 is 23.5 Å². The molecule has 1 aromatic heterocycles. The van der Waals surface area contributed by atoms with Gasteiger partial charge in [-0.2, -0.15) is 15.0 Å². The minimum atomic E-state index is -0.724. The van der Waals surface area contributed by atoms with Gasteiger partial charge in [0.1, 0.15) is 0 Å². The van der Waals surface area contributed by atoms with E-state index in [0.717, 1.165) is 25.7 Å². The number of aromatic nitrogens is 3. The van der Waals surface area contributed by atoms with E-state index in [0.29, 0.717) is 5.95 Å². The molecule has 7 nitrogen and oxygen atoms in total. The molecule has 8 heteroatoms. The maximum Gasteiger partial charge on any atom is 0.322 e. The van der Waals surface area contributed by atoms with Crippen LogP contribution in [-0.4, -0.2) is 45.2 Å². The van der Waals surface area contributed by atoms with E-state index >= 15 is 0 Å². The van der Waals surface area contributed by atoms with Gasteiger partial charge in [0.25, 0.3) is 0 Å². The first-order chi connectivity index (χ1) is 10.1. The number of rotatable bonds is 4. The largest absolute Gasteiger partial charge is 0.481 e. The number of ether oxygens (including phenoxy) is 1. The van der Waals surface area contributed by atoms with Gasteiger partial charge in [0, 0.05) is 18.5 Å². The van der Waals surface area contributed by atoms with Crippen LogP contribution < -0.4 is 9.64 Å². The molecule has 2 bridgehead atoms. The van der Waals surface area contributed by atoms with Crippen molar-refractivity contribution in [1.29, 1.82) is 0 Å². The minimum absolute atomic E-state index is 0.115. The highest BCUT2D eigenvalue weighted by molar-refractivity contribution is 6.28. The lowest BCUT2D eigenvalue weighted by molar-refractivity contribution is -0.138. The topological polar surface area (TPSA) is 88.4 Å². The number of carbonyl (C=O) groups is 1. The molecule has 0 radical (unpaired) electrons. The summed E-state index contributed by atoms with van der Waals surface area (Å²) in [6, 6.07) is 0.754. The van der Waals surface area contributed by atoms with E-state index in [-0.39, 0.29) is 35.7 Å². The van der Waals surface area contributed by atoms with Crippen molar-refractivity contribution in [1.82, 2.24) is 15.0 Å². The molecule has 2 unspecified atom stereocenters. The van der Waals surface area contributed by atoms with Crippen molar-refractivity contribution in [2.75, 3.05) is 12.0 Å². The van der Waals surface area contributed by atoms with Crippen molar-refractivity contribution in [3.05, 3.63) is 5.28 Å². The number of fused-ring (bicyclic) bond motifs is 2. The zero-order chi connectivity index (χ0) is 15.0. The average molecular weight is 313 g/mol. The predicted octanol–water partition coefficient (Wildman–Crippen LogP) is 1.76. The molecule has 21 heavy (non-hydrogen) atoms. The fraction of sp³-hybridized carbons (Fsp3) is 0.692. The van der Waals surface area contributed by atoms with Crippen molar-refractivity contribution in [3.63, 3.8) is 0 Å². The SMILES string of the molecule is COc1nc(Cl)nc(N2C3CCC2CC(CC(=O)O)C3)n1. The molecule has 2 aliphatic rings. The van der Waals surface area contributed by atoms with E-state index in [1.807, 2.05) is 0 Å². The molecule has 3 rings (SSSR count). The van der Waals surface area contributed by atoms with Crippen LogP contribution in [0.5, 0.6) is 6.01 Å². The molecule has 2 aliphatic heterocycles. The molecule has 1 N–H and O–H groups in total. The smallest absolute Gasteiger partial charge is 0.322 e. The number of methoxy groups -OCH3 is 1. The molecule has 0 aliphatic carbocycles. The Morgan fingerprint density at radius 1 is 1.33 bits per heavy atom. The van der Waals surface area contributed by atoms with Crippen LogP contribution in [0.1, 0.15) is 32.1 Å². The van der Waals surface area contributed by atoms with Crippen molar-refractivity contribution < 1.29 is 14.6 Å². The van der Waals surface area contributed by atoms with Crippen molar-refractivity contribution in [3.8, 4) is 6.01 Å². The lowest BCUT2D eigenvalue weighted by atomic mass is 9.88. The summed E-state index contributed by atoms with van der Waals surface area (Å²) in [4.78, 5) is 25.4. The summed E-state index contributed by atoms with van der Waals surface area (Å²) >= 11 is 5.91. The normalized spacial score (nSPS) is 27.7. The van der Waals surface area contributed by atoms with Crippen molar-refractivity contribution in [2.45, 2.75) is 44.2 Å². The van der Waals surface area contributed by atoms with Crippen LogP contribution in [0.25, 0.3) is 0 Å². The molecule has 3 heterocycles. The lowest BCUT2D eigenvalue weighted by Gasteiger charge is -2.38. The van der Waals surface area contributed by atoms with Crippen LogP contribution in [0.3, 0.4) is 0 Å². The number of halogens is 1. The lowest BCUT2D eigenvalue weighted by Crippen LogP contribution is -2.44. The first-order valence-corrected chi connectivity index (χ1v) is 7.40. The second kappa shape index (κ2) is 5.63. The number of piperidine rings is 1. The molecule has 114 valence electrons. The Hall–Kier alpha value is -1.63. The summed E-state index contributed by atoms with van der Waals surface area (Å²) in [5.74, 6) is 0.0429. The monoisotopic (exact) mass is 312 g/mol. The number of aliphatic carboxylic acids is 1. The summed E-state index contributed by atoms with van der Waals surface area (Å²) in [6.07, 6.45) is 4.02. The van der Waals surface area contributed by atoms with E-state index in [4.69, 9.17) is 21.4 Å². The number of carboxylic acid groups (broad SMARTS) is 1. The predicted molar refractivity (Wildman–Crippen MR) is 75.7 cm³/mol. The number of hydrogen-bond donors (Lipinski definition) is 1. The fourth-order valence-electron chi connectivity index (χ4n) is 3.56. The van der Waals surface area contributed by atoms with Gasteiger partial charge in [-0.25, -0.2) is 0 Å². The first kappa shape index (κ1) is 14.3. The van der Waals surface area contributed by atoms with E-state index in [9.17, 15) is 4.79 Å². The number of nitrogens with zero attached hydrogens (tertiary/aromatic N) is 4. The van der Waals surface area contributed by atoms with Gasteiger partial charge >= 0.3 is 12.0 Å². The Kier molecular flexibility index (Phi) is 3.84. The molecular weight excluding hydrogens is 296 g/mol. The molecule has 2 fully saturated rings. The third kappa shape index (κ3) is 2.88. The van der Waals surface area contributed by atoms with E-state index in [1.54, 1.807) is 0 Å². The average Bonchev–Trinajstić information content (AvgIpc) is 2.69. The van der Waals surface area contributed by atoms with Crippen LogP contribution in [0.4, 0.5) is 5.95 Å². The molecule has 0 saturated carbocycles. The van der Waals surface area contributed by atoms with Gasteiger partial charge in [-0.05, 0) is 43.2 Å². The fourth-order valence-corrected chi connectivity index (χ4v) is 3.71. The molecule has 0 aromatic carbocycles. The summed E-state index contributed by atoms with van der Waals surface area (Å²) in [5.41, 5.74) is 0. The molecule has 1 aromatic rings. The zero-order valence-electron chi connectivity index (χ0n) is 11.7. The Morgan fingerprint density at radius 3 is 2.57 bits per heavy atom. The summed E-state index contributed by atoms with van der Waals surface area (Å²) in [7, 11) is 1.49. The molecule has 2 saturated heterocycles. The van der Waals surface area contributed by atoms with Crippen LogP contribution >= 0.6 is 11.6 Å². The highest BCUT2D eigenvalue weighted by atomic mass is 35.5. The molecular formula is C13H17ClN4O3. The Balaban J connectivity index is 1.82. The summed E-state index contributed by atoms with van der Waals surface area (Å²) in [5, 5.41) is 9.08. The van der Waals surface area contributed by atoms with Gasteiger partial charge in [-0.1, -0.05) is 0 Å². The van der Waals surface area contributed by atoms with Gasteiger partial charge < -0.3 is 14.7 Å². The standard InChI is InChI=1S/C13H17ClN4O3/c1-21-13-16-11(14)15-12(17-13)18-8-2-3-9(18)5-7(4-8)6-10(19)20/h7-9H,2-6H2,1H3,(H,19,20). The van der Waals surface area contributed by atoms with Gasteiger partial charge in [0.15, 0.2) is 0 Å². The molecule has 0 amide bonds. The van der Waals surface area contributed by atoms with Gasteiger partial charge in [-0.15, -0.1) is 0 Å². The van der Waals surface area contributed by atoms with Crippen LogP contribution in [0.2, 0.25) is 5.28 Å². The van der Waals surface area contributed by atoms with Gasteiger partial charge in [0.2, 0.25) is 11.2 Å². The maximum atomic E-state index is 10.9. The van der Waals surface area contributed by atoms with Gasteiger partial charge in [-0.3, -0.25) is 4.79 Å². The first-order valence-electron chi connectivity index (χ1n) is 7.02. The highest BCUT2D eigenvalue weighted by Gasteiger charge is 2.42. The Labute approximate surface area is 127 Å². The van der Waals surface area contributed by atoms with E-state index in [2.05, 4.69) is 19.9 Å². The summed E-state index contributed by atoms with van der Waals surface area (Å²) in [6.45, 7) is 0. The highest BCUT2D eigenvalue weighted by Crippen LogP contribution is 2.41. The summed E-state index contributed by atoms with van der Waals surface area (Å²) < 4.78 is 5.04. The Bertz CT molecular complexity index is 542. The number of anilines is 1.